The van der Waals surface area contributed by atoms with Crippen molar-refractivity contribution in [1.29, 1.82) is 0 Å². The van der Waals surface area contributed by atoms with Crippen LogP contribution in [0.1, 0.15) is 303 Å². The Morgan fingerprint density at radius 2 is 0.785 bits per heavy atom. The van der Waals surface area contributed by atoms with Gasteiger partial charge >= 0.3 is 5.97 Å². The van der Waals surface area contributed by atoms with E-state index in [1.807, 2.05) is 0 Å². The van der Waals surface area contributed by atoms with Crippen LogP contribution in [0.3, 0.4) is 0 Å². The minimum absolute atomic E-state index is 0.0326. The molecule has 6 nitrogen and oxygen atoms in total. The van der Waals surface area contributed by atoms with E-state index >= 15 is 0 Å². The molecule has 0 heterocycles. The van der Waals surface area contributed by atoms with E-state index in [0.29, 0.717) is 25.9 Å². The van der Waals surface area contributed by atoms with E-state index in [1.165, 1.54) is 193 Å². The highest BCUT2D eigenvalue weighted by molar-refractivity contribution is 5.76. The molecule has 3 N–H and O–H groups in total. The van der Waals surface area contributed by atoms with Crippen LogP contribution in [0.25, 0.3) is 0 Å². The van der Waals surface area contributed by atoms with Crippen LogP contribution < -0.4 is 5.32 Å². The van der Waals surface area contributed by atoms with Crippen molar-refractivity contribution in [1.82, 2.24) is 5.32 Å². The summed E-state index contributed by atoms with van der Waals surface area (Å²) < 4.78 is 5.42. The maximum absolute atomic E-state index is 12.5. The molecule has 0 aromatic carbocycles. The molecule has 2 atom stereocenters. The number of aliphatic hydroxyl groups is 2. The Kier molecular flexibility index (Phi) is 53.1. The van der Waals surface area contributed by atoms with Gasteiger partial charge in [0.1, 0.15) is 0 Å². The van der Waals surface area contributed by atoms with Gasteiger partial charge in [0.05, 0.1) is 25.4 Å². The van der Waals surface area contributed by atoms with Gasteiger partial charge in [-0.15, -0.1) is 0 Å². The molecule has 1 amide bonds. The van der Waals surface area contributed by atoms with Gasteiger partial charge in [0, 0.05) is 12.8 Å². The van der Waals surface area contributed by atoms with Crippen molar-refractivity contribution in [2.24, 2.45) is 0 Å². The van der Waals surface area contributed by atoms with Gasteiger partial charge < -0.3 is 20.3 Å². The van der Waals surface area contributed by atoms with Crippen LogP contribution in [0, 0.1) is 0 Å². The van der Waals surface area contributed by atoms with Crippen LogP contribution in [-0.4, -0.2) is 47.4 Å². The fourth-order valence-electron chi connectivity index (χ4n) is 8.73. The van der Waals surface area contributed by atoms with Gasteiger partial charge in [-0.2, -0.15) is 0 Å². The minimum Gasteiger partial charge on any atom is -0.466 e. The van der Waals surface area contributed by atoms with Gasteiger partial charge in [-0.1, -0.05) is 249 Å². The Hall–Kier alpha value is -1.92. The Bertz CT molecular complexity index is 1060. The molecule has 0 aliphatic carbocycles. The minimum atomic E-state index is -0.680. The Morgan fingerprint density at radius 1 is 0.431 bits per heavy atom. The summed E-state index contributed by atoms with van der Waals surface area (Å²) in [6, 6.07) is -0.559. The molecule has 382 valence electrons. The number of carbonyl (C=O) groups is 2. The first-order chi connectivity index (χ1) is 32.0. The molecule has 0 fully saturated rings. The number of aliphatic hydroxyl groups excluding tert-OH is 2. The van der Waals surface area contributed by atoms with E-state index < -0.39 is 12.1 Å². The maximum Gasteiger partial charge on any atom is 0.305 e. The van der Waals surface area contributed by atoms with Gasteiger partial charge in [0.2, 0.25) is 5.91 Å². The molecule has 2 unspecified atom stereocenters. The number of amides is 1. The molecule has 0 aliphatic heterocycles. The van der Waals surface area contributed by atoms with Crippen molar-refractivity contribution in [3.63, 3.8) is 0 Å². The number of allylic oxidation sites excluding steroid dienone is 6. The van der Waals surface area contributed by atoms with Crippen molar-refractivity contribution >= 4 is 11.9 Å². The van der Waals surface area contributed by atoms with E-state index in [2.05, 4.69) is 55.6 Å². The molecule has 65 heavy (non-hydrogen) atoms. The number of hydrogen-bond acceptors (Lipinski definition) is 5. The fraction of sp³-hybridized carbons (Fsp3) is 0.864. The summed E-state index contributed by atoms with van der Waals surface area (Å²) in [6.45, 7) is 4.87. The SMILES string of the molecule is CCCC/C=C\CCCCCCCC(=O)OCCCCC/C=C\C=C/CCCCCCCCC(=O)NC(CO)C(O)CCCCCCCCCCCCCCCCCCCCCCCC. The number of ether oxygens (including phenoxy) is 1. The second-order valence-electron chi connectivity index (χ2n) is 19.6. The lowest BCUT2D eigenvalue weighted by molar-refractivity contribution is -0.143. The van der Waals surface area contributed by atoms with Crippen LogP contribution >= 0.6 is 0 Å². The molecule has 0 bridgehead atoms. The van der Waals surface area contributed by atoms with Crippen molar-refractivity contribution in [2.75, 3.05) is 13.2 Å². The zero-order valence-corrected chi connectivity index (χ0v) is 43.5. The summed E-state index contributed by atoms with van der Waals surface area (Å²) in [4.78, 5) is 24.5. The van der Waals surface area contributed by atoms with Crippen molar-refractivity contribution in [2.45, 2.75) is 315 Å². The number of unbranched alkanes of at least 4 members (excludes halogenated alkanes) is 37. The van der Waals surface area contributed by atoms with Crippen LogP contribution in [0.2, 0.25) is 0 Å². The average Bonchev–Trinajstić information content (AvgIpc) is 3.31. The first-order valence-electron chi connectivity index (χ1n) is 28.8. The maximum atomic E-state index is 12.5. The van der Waals surface area contributed by atoms with Gasteiger partial charge in [0.25, 0.3) is 0 Å². The largest absolute Gasteiger partial charge is 0.466 e. The lowest BCUT2D eigenvalue weighted by atomic mass is 10.0. The molecule has 6 heteroatoms. The molecule has 0 spiro atoms. The third kappa shape index (κ3) is 51.3. The molecule has 0 saturated heterocycles. The third-order valence-electron chi connectivity index (χ3n) is 13.2. The zero-order chi connectivity index (χ0) is 47.2. The fourth-order valence-corrected chi connectivity index (χ4v) is 8.73. The summed E-state index contributed by atoms with van der Waals surface area (Å²) in [5.74, 6) is -0.0884. The normalized spacial score (nSPS) is 12.9. The average molecular weight is 915 g/mol. The summed E-state index contributed by atoms with van der Waals surface area (Å²) >= 11 is 0. The van der Waals surface area contributed by atoms with Crippen LogP contribution in [-0.2, 0) is 14.3 Å². The van der Waals surface area contributed by atoms with Gasteiger partial charge in [0.15, 0.2) is 0 Å². The summed E-state index contributed by atoms with van der Waals surface area (Å²) in [7, 11) is 0. The van der Waals surface area contributed by atoms with Crippen LogP contribution in [0.5, 0.6) is 0 Å². The summed E-state index contributed by atoms with van der Waals surface area (Å²) in [5, 5.41) is 23.3. The first kappa shape index (κ1) is 63.1. The first-order valence-corrected chi connectivity index (χ1v) is 28.8. The zero-order valence-electron chi connectivity index (χ0n) is 43.5. The van der Waals surface area contributed by atoms with Gasteiger partial charge in [-0.05, 0) is 77.0 Å². The molecule has 0 aromatic rings. The summed E-state index contributed by atoms with van der Waals surface area (Å²) in [5.41, 5.74) is 0. The Morgan fingerprint density at radius 3 is 1.23 bits per heavy atom. The lowest BCUT2D eigenvalue weighted by Gasteiger charge is -2.22. The van der Waals surface area contributed by atoms with E-state index in [-0.39, 0.29) is 18.5 Å². The third-order valence-corrected chi connectivity index (χ3v) is 13.2. The highest BCUT2D eigenvalue weighted by Crippen LogP contribution is 2.17. The van der Waals surface area contributed by atoms with E-state index in [9.17, 15) is 19.8 Å². The topological polar surface area (TPSA) is 95.9 Å². The number of carbonyl (C=O) groups excluding carboxylic acids is 2. The molecule has 0 aromatic heterocycles. The second-order valence-corrected chi connectivity index (χ2v) is 19.6. The second kappa shape index (κ2) is 54.7. The highest BCUT2D eigenvalue weighted by atomic mass is 16.5. The van der Waals surface area contributed by atoms with E-state index in [1.54, 1.807) is 0 Å². The standard InChI is InChI=1S/C59H111NO5/c1-3-5-7-9-11-13-15-16-17-18-19-20-21-22-23-25-28-32-35-39-43-47-51-57(62)56(55-61)60-58(63)52-48-44-40-36-33-29-26-24-27-30-34-38-42-46-50-54-65-59(64)53-49-45-41-37-31-14-12-10-8-6-4-2/h10,12,24,27,30,34,56-57,61-62H,3-9,11,13-23,25-26,28-29,31-33,35-55H2,1-2H3,(H,60,63)/b12-10-,27-24-,34-30-. The molecular formula is C59H111NO5. The van der Waals surface area contributed by atoms with E-state index in [4.69, 9.17) is 4.74 Å². The number of rotatable bonds is 53. The van der Waals surface area contributed by atoms with Crippen LogP contribution in [0.4, 0.5) is 0 Å². The van der Waals surface area contributed by atoms with Crippen molar-refractivity contribution < 1.29 is 24.5 Å². The molecule has 0 radical (unpaired) electrons. The van der Waals surface area contributed by atoms with Crippen LogP contribution in [0.15, 0.2) is 36.5 Å². The van der Waals surface area contributed by atoms with E-state index in [0.717, 1.165) is 77.0 Å². The Balaban J connectivity index is 3.52. The summed E-state index contributed by atoms with van der Waals surface area (Å²) in [6.07, 6.45) is 67.1. The number of hydrogen-bond donors (Lipinski definition) is 3. The number of esters is 1. The van der Waals surface area contributed by atoms with Crippen molar-refractivity contribution in [3.8, 4) is 0 Å². The number of nitrogens with one attached hydrogen (secondary N) is 1. The molecular weight excluding hydrogens is 803 g/mol. The smallest absolute Gasteiger partial charge is 0.305 e. The predicted molar refractivity (Wildman–Crippen MR) is 283 cm³/mol. The highest BCUT2D eigenvalue weighted by Gasteiger charge is 2.20. The van der Waals surface area contributed by atoms with Gasteiger partial charge in [-0.25, -0.2) is 0 Å². The van der Waals surface area contributed by atoms with Gasteiger partial charge in [-0.3, -0.25) is 9.59 Å². The molecule has 0 saturated carbocycles. The quantitative estimate of drug-likeness (QED) is 0.0244. The molecule has 0 rings (SSSR count). The predicted octanol–water partition coefficient (Wildman–Crippen LogP) is 17.6. The Labute approximate surface area is 404 Å². The monoisotopic (exact) mass is 914 g/mol. The molecule has 0 aliphatic rings. The lowest BCUT2D eigenvalue weighted by Crippen LogP contribution is -2.45. The van der Waals surface area contributed by atoms with Crippen molar-refractivity contribution in [3.05, 3.63) is 36.5 Å².